The molecule has 1 aromatic rings. The first-order valence-electron chi connectivity index (χ1n) is 5.81. The Bertz CT molecular complexity index is 403. The first-order valence-corrected chi connectivity index (χ1v) is 5.81. The number of aryl methyl sites for hydroxylation is 1. The molecule has 0 amide bonds. The average Bonchev–Trinajstić information content (AvgIpc) is 2.96. The summed E-state index contributed by atoms with van der Waals surface area (Å²) in [6, 6.07) is 4.36. The minimum absolute atomic E-state index is 0.0556. The Labute approximate surface area is 97.6 Å². The van der Waals surface area contributed by atoms with Crippen LogP contribution in [-0.2, 0) is 10.3 Å². The molecule has 2 rings (SSSR count). The molecule has 0 aromatic heterocycles. The van der Waals surface area contributed by atoms with E-state index in [-0.39, 0.29) is 5.60 Å². The Morgan fingerprint density at radius 2 is 2.00 bits per heavy atom. The van der Waals surface area contributed by atoms with E-state index < -0.39 is 0 Å². The Kier molecular flexibility index (Phi) is 2.70. The molecule has 16 heavy (non-hydrogen) atoms. The third-order valence-electron chi connectivity index (χ3n) is 3.35. The van der Waals surface area contributed by atoms with E-state index in [1.165, 1.54) is 16.7 Å². The maximum atomic E-state index is 5.53. The number of rotatable bonds is 3. The zero-order valence-corrected chi connectivity index (χ0v) is 10.8. The molecule has 0 aliphatic carbocycles. The van der Waals surface area contributed by atoms with Gasteiger partial charge in [-0.05, 0) is 48.6 Å². The molecule has 2 nitrogen and oxygen atoms in total. The van der Waals surface area contributed by atoms with Crippen LogP contribution in [0.15, 0.2) is 12.1 Å². The predicted octanol–water partition coefficient (Wildman–Crippen LogP) is 3.37. The van der Waals surface area contributed by atoms with Gasteiger partial charge in [-0.2, -0.15) is 0 Å². The first kappa shape index (κ1) is 11.5. The molecule has 0 saturated carbocycles. The van der Waals surface area contributed by atoms with Crippen LogP contribution in [0.25, 0.3) is 0 Å². The van der Waals surface area contributed by atoms with Gasteiger partial charge in [0.2, 0.25) is 0 Å². The van der Waals surface area contributed by atoms with E-state index >= 15 is 0 Å². The fraction of sp³-hybridized carbons (Fsp3) is 0.571. The van der Waals surface area contributed by atoms with Gasteiger partial charge in [-0.1, -0.05) is 13.8 Å². The molecule has 0 N–H and O–H groups in total. The fourth-order valence-electron chi connectivity index (χ4n) is 2.16. The highest BCUT2D eigenvalue weighted by Crippen LogP contribution is 2.42. The van der Waals surface area contributed by atoms with Gasteiger partial charge < -0.3 is 9.47 Å². The number of ether oxygens (including phenoxy) is 2. The van der Waals surface area contributed by atoms with Crippen LogP contribution in [0, 0.1) is 6.92 Å². The normalized spacial score (nSPS) is 23.6. The van der Waals surface area contributed by atoms with E-state index in [1.54, 1.807) is 7.11 Å². The van der Waals surface area contributed by atoms with E-state index in [0.717, 1.165) is 12.4 Å². The van der Waals surface area contributed by atoms with Crippen LogP contribution in [0.5, 0.6) is 5.75 Å². The van der Waals surface area contributed by atoms with Gasteiger partial charge in [-0.25, -0.2) is 0 Å². The van der Waals surface area contributed by atoms with Gasteiger partial charge in [0.05, 0.1) is 13.7 Å². The number of hydrogen-bond acceptors (Lipinski definition) is 2. The summed E-state index contributed by atoms with van der Waals surface area (Å²) in [7, 11) is 1.73. The molecule has 1 heterocycles. The molecule has 0 radical (unpaired) electrons. The van der Waals surface area contributed by atoms with Crippen molar-refractivity contribution in [2.75, 3.05) is 13.7 Å². The SMILES string of the molecule is COc1cc(C)c(C2(C)CO2)cc1C(C)C. The molecule has 1 aliphatic rings. The summed E-state index contributed by atoms with van der Waals surface area (Å²) < 4.78 is 11.0. The average molecular weight is 220 g/mol. The maximum absolute atomic E-state index is 5.53. The lowest BCUT2D eigenvalue weighted by molar-refractivity contribution is 0.327. The molecular formula is C14H20O2. The topological polar surface area (TPSA) is 21.8 Å². The smallest absolute Gasteiger partial charge is 0.122 e. The standard InChI is InChI=1S/C14H20O2/c1-9(2)11-7-12(14(4)8-16-14)10(3)6-13(11)15-5/h6-7,9H,8H2,1-5H3. The molecule has 2 heteroatoms. The van der Waals surface area contributed by atoms with Gasteiger partial charge in [-0.3, -0.25) is 0 Å². The summed E-state index contributed by atoms with van der Waals surface area (Å²) in [5, 5.41) is 0. The maximum Gasteiger partial charge on any atom is 0.122 e. The van der Waals surface area contributed by atoms with Gasteiger partial charge in [0.15, 0.2) is 0 Å². The molecular weight excluding hydrogens is 200 g/mol. The van der Waals surface area contributed by atoms with Crippen molar-refractivity contribution < 1.29 is 9.47 Å². The number of benzene rings is 1. The van der Waals surface area contributed by atoms with Crippen LogP contribution < -0.4 is 4.74 Å². The monoisotopic (exact) mass is 220 g/mol. The lowest BCUT2D eigenvalue weighted by atomic mass is 9.91. The molecule has 0 bridgehead atoms. The lowest BCUT2D eigenvalue weighted by Crippen LogP contribution is -2.07. The zero-order chi connectivity index (χ0) is 11.9. The van der Waals surface area contributed by atoms with Crippen LogP contribution in [0.4, 0.5) is 0 Å². The van der Waals surface area contributed by atoms with Gasteiger partial charge in [0.25, 0.3) is 0 Å². The highest BCUT2D eigenvalue weighted by molar-refractivity contribution is 5.47. The van der Waals surface area contributed by atoms with Crippen molar-refractivity contribution in [3.63, 3.8) is 0 Å². The molecule has 1 aromatic carbocycles. The summed E-state index contributed by atoms with van der Waals surface area (Å²) >= 11 is 0. The zero-order valence-electron chi connectivity index (χ0n) is 10.8. The minimum Gasteiger partial charge on any atom is -0.496 e. The Morgan fingerprint density at radius 1 is 1.38 bits per heavy atom. The largest absolute Gasteiger partial charge is 0.496 e. The molecule has 1 fully saturated rings. The summed E-state index contributed by atoms with van der Waals surface area (Å²) in [6.07, 6.45) is 0. The predicted molar refractivity (Wildman–Crippen MR) is 65.1 cm³/mol. The van der Waals surface area contributed by atoms with E-state index in [0.29, 0.717) is 5.92 Å². The van der Waals surface area contributed by atoms with Crippen molar-refractivity contribution in [3.05, 3.63) is 28.8 Å². The van der Waals surface area contributed by atoms with Crippen LogP contribution in [0.1, 0.15) is 43.4 Å². The number of epoxide rings is 1. The van der Waals surface area contributed by atoms with Crippen molar-refractivity contribution in [1.29, 1.82) is 0 Å². The second-order valence-corrected chi connectivity index (χ2v) is 5.08. The second kappa shape index (κ2) is 3.77. The van der Waals surface area contributed by atoms with Crippen molar-refractivity contribution in [3.8, 4) is 5.75 Å². The van der Waals surface area contributed by atoms with Crippen molar-refractivity contribution in [2.45, 2.75) is 39.2 Å². The van der Waals surface area contributed by atoms with Gasteiger partial charge in [0, 0.05) is 0 Å². The number of methoxy groups -OCH3 is 1. The van der Waals surface area contributed by atoms with Crippen molar-refractivity contribution in [2.24, 2.45) is 0 Å². The summed E-state index contributed by atoms with van der Waals surface area (Å²) in [4.78, 5) is 0. The Balaban J connectivity index is 2.52. The van der Waals surface area contributed by atoms with Crippen molar-refractivity contribution in [1.82, 2.24) is 0 Å². The molecule has 0 spiro atoms. The van der Waals surface area contributed by atoms with Gasteiger partial charge in [-0.15, -0.1) is 0 Å². The molecule has 1 saturated heterocycles. The molecule has 1 atom stereocenters. The lowest BCUT2D eigenvalue weighted by Gasteiger charge is -2.17. The summed E-state index contributed by atoms with van der Waals surface area (Å²) in [5.74, 6) is 1.46. The van der Waals surface area contributed by atoms with E-state index in [1.807, 2.05) is 0 Å². The van der Waals surface area contributed by atoms with Crippen LogP contribution in [0.3, 0.4) is 0 Å². The number of hydrogen-bond donors (Lipinski definition) is 0. The summed E-state index contributed by atoms with van der Waals surface area (Å²) in [5.41, 5.74) is 3.76. The Hall–Kier alpha value is -1.02. The quantitative estimate of drug-likeness (QED) is 0.728. The second-order valence-electron chi connectivity index (χ2n) is 5.08. The van der Waals surface area contributed by atoms with Crippen LogP contribution in [0.2, 0.25) is 0 Å². The first-order chi connectivity index (χ1) is 7.48. The van der Waals surface area contributed by atoms with Crippen LogP contribution >= 0.6 is 0 Å². The van der Waals surface area contributed by atoms with E-state index in [9.17, 15) is 0 Å². The highest BCUT2D eigenvalue weighted by Gasteiger charge is 2.42. The third-order valence-corrected chi connectivity index (χ3v) is 3.35. The van der Waals surface area contributed by atoms with Gasteiger partial charge in [0.1, 0.15) is 11.4 Å². The van der Waals surface area contributed by atoms with Crippen molar-refractivity contribution >= 4 is 0 Å². The van der Waals surface area contributed by atoms with E-state index in [4.69, 9.17) is 9.47 Å². The molecule has 1 unspecified atom stereocenters. The molecule has 88 valence electrons. The third kappa shape index (κ3) is 1.82. The Morgan fingerprint density at radius 3 is 2.44 bits per heavy atom. The minimum atomic E-state index is -0.0556. The fourth-order valence-corrected chi connectivity index (χ4v) is 2.16. The van der Waals surface area contributed by atoms with E-state index in [2.05, 4.69) is 39.8 Å². The van der Waals surface area contributed by atoms with Gasteiger partial charge >= 0.3 is 0 Å². The highest BCUT2D eigenvalue weighted by atomic mass is 16.6. The molecule has 1 aliphatic heterocycles. The van der Waals surface area contributed by atoms with Crippen LogP contribution in [-0.4, -0.2) is 13.7 Å². The summed E-state index contributed by atoms with van der Waals surface area (Å²) in [6.45, 7) is 9.47.